The number of piperidine rings is 1. The molecule has 4 nitrogen and oxygen atoms in total. The second-order valence-corrected chi connectivity index (χ2v) is 5.21. The first-order chi connectivity index (χ1) is 8.19. The molecule has 0 spiro atoms. The van der Waals surface area contributed by atoms with E-state index < -0.39 is 0 Å². The van der Waals surface area contributed by atoms with Crippen molar-refractivity contribution in [2.45, 2.75) is 32.7 Å². The van der Waals surface area contributed by atoms with Crippen LogP contribution >= 0.6 is 0 Å². The van der Waals surface area contributed by atoms with E-state index in [1.54, 1.807) is 0 Å². The minimum Gasteiger partial charge on any atom is -0.330 e. The first-order valence-corrected chi connectivity index (χ1v) is 6.60. The highest BCUT2D eigenvalue weighted by molar-refractivity contribution is 5.15. The molecule has 0 radical (unpaired) electrons. The van der Waals surface area contributed by atoms with Gasteiger partial charge in [-0.05, 0) is 51.7 Å². The highest BCUT2D eigenvalue weighted by Gasteiger charge is 2.19. The Kier molecular flexibility index (Phi) is 4.18. The van der Waals surface area contributed by atoms with Crippen LogP contribution in [0.4, 0.5) is 0 Å². The Morgan fingerprint density at radius 1 is 1.41 bits per heavy atom. The maximum Gasteiger partial charge on any atom is 0.0638 e. The van der Waals surface area contributed by atoms with E-state index in [9.17, 15) is 0 Å². The van der Waals surface area contributed by atoms with Gasteiger partial charge in [0.1, 0.15) is 0 Å². The van der Waals surface area contributed by atoms with Gasteiger partial charge >= 0.3 is 0 Å². The highest BCUT2D eigenvalue weighted by atomic mass is 15.3. The van der Waals surface area contributed by atoms with Crippen LogP contribution in [-0.2, 0) is 13.6 Å². The molecule has 0 saturated carbocycles. The molecule has 0 atom stereocenters. The Hall–Kier alpha value is -0.870. The Balaban J connectivity index is 1.84. The monoisotopic (exact) mass is 236 g/mol. The molecule has 1 aromatic rings. The molecule has 0 unspecified atom stereocenters. The molecular formula is C13H24N4. The van der Waals surface area contributed by atoms with E-state index in [4.69, 9.17) is 5.73 Å². The summed E-state index contributed by atoms with van der Waals surface area (Å²) >= 11 is 0. The Labute approximate surface area is 104 Å². The zero-order valence-corrected chi connectivity index (χ0v) is 11.0. The van der Waals surface area contributed by atoms with E-state index in [1.165, 1.54) is 37.9 Å². The van der Waals surface area contributed by atoms with Crippen molar-refractivity contribution >= 4 is 0 Å². The van der Waals surface area contributed by atoms with E-state index in [0.29, 0.717) is 0 Å². The number of nitrogens with zero attached hydrogens (tertiary/aromatic N) is 3. The maximum absolute atomic E-state index is 5.62. The smallest absolute Gasteiger partial charge is 0.0638 e. The molecule has 1 aliphatic heterocycles. The Bertz CT molecular complexity index is 350. The first-order valence-electron chi connectivity index (χ1n) is 6.60. The lowest BCUT2D eigenvalue weighted by Crippen LogP contribution is -2.33. The third kappa shape index (κ3) is 3.30. The van der Waals surface area contributed by atoms with Crippen molar-refractivity contribution in [1.29, 1.82) is 0 Å². The second-order valence-electron chi connectivity index (χ2n) is 5.21. The second kappa shape index (κ2) is 5.65. The van der Waals surface area contributed by atoms with Gasteiger partial charge in [-0.1, -0.05) is 0 Å². The van der Waals surface area contributed by atoms with Gasteiger partial charge in [-0.2, -0.15) is 5.10 Å². The van der Waals surface area contributed by atoms with E-state index in [1.807, 2.05) is 11.7 Å². The molecule has 0 bridgehead atoms. The minimum absolute atomic E-state index is 0.840. The van der Waals surface area contributed by atoms with Crippen LogP contribution in [0, 0.1) is 12.8 Å². The van der Waals surface area contributed by atoms with E-state index >= 15 is 0 Å². The van der Waals surface area contributed by atoms with Crippen molar-refractivity contribution in [1.82, 2.24) is 14.7 Å². The molecule has 2 heterocycles. The predicted octanol–water partition coefficient (Wildman–Crippen LogP) is 1.29. The number of rotatable bonds is 4. The van der Waals surface area contributed by atoms with Gasteiger partial charge in [0.2, 0.25) is 0 Å². The lowest BCUT2D eigenvalue weighted by atomic mass is 9.93. The van der Waals surface area contributed by atoms with E-state index in [0.717, 1.165) is 24.7 Å². The average molecular weight is 236 g/mol. The summed E-state index contributed by atoms with van der Waals surface area (Å²) in [5.74, 6) is 0.853. The SMILES string of the molecule is Cc1nn(C)cc1CN1CCC(CCN)CC1. The molecule has 96 valence electrons. The van der Waals surface area contributed by atoms with Crippen molar-refractivity contribution in [3.8, 4) is 0 Å². The van der Waals surface area contributed by atoms with Gasteiger partial charge in [0.15, 0.2) is 0 Å². The molecule has 2 rings (SSSR count). The van der Waals surface area contributed by atoms with Crippen LogP contribution in [0.5, 0.6) is 0 Å². The summed E-state index contributed by atoms with van der Waals surface area (Å²) in [5.41, 5.74) is 8.14. The lowest BCUT2D eigenvalue weighted by molar-refractivity contribution is 0.173. The molecular weight excluding hydrogens is 212 g/mol. The standard InChI is InChI=1S/C13H24N4/c1-11-13(9-16(2)15-11)10-17-7-4-12(3-6-14)5-8-17/h9,12H,3-8,10,14H2,1-2H3. The molecule has 1 saturated heterocycles. The third-order valence-electron chi connectivity index (χ3n) is 3.79. The van der Waals surface area contributed by atoms with Crippen molar-refractivity contribution in [2.24, 2.45) is 18.7 Å². The summed E-state index contributed by atoms with van der Waals surface area (Å²) in [6.45, 7) is 6.40. The summed E-state index contributed by atoms with van der Waals surface area (Å²) in [6, 6.07) is 0. The molecule has 0 amide bonds. The third-order valence-corrected chi connectivity index (χ3v) is 3.79. The van der Waals surface area contributed by atoms with Crippen molar-refractivity contribution in [2.75, 3.05) is 19.6 Å². The normalized spacial score (nSPS) is 18.8. The molecule has 0 aromatic carbocycles. The van der Waals surface area contributed by atoms with Crippen LogP contribution in [-0.4, -0.2) is 34.3 Å². The van der Waals surface area contributed by atoms with Gasteiger partial charge in [0.25, 0.3) is 0 Å². The fraction of sp³-hybridized carbons (Fsp3) is 0.769. The Morgan fingerprint density at radius 2 is 2.12 bits per heavy atom. The molecule has 1 fully saturated rings. The summed E-state index contributed by atoms with van der Waals surface area (Å²) in [6.07, 6.45) is 5.94. The number of nitrogens with two attached hydrogens (primary N) is 1. The van der Waals surface area contributed by atoms with Gasteiger partial charge in [0, 0.05) is 25.4 Å². The fourth-order valence-electron chi connectivity index (χ4n) is 2.71. The summed E-state index contributed by atoms with van der Waals surface area (Å²) in [7, 11) is 1.99. The molecule has 17 heavy (non-hydrogen) atoms. The predicted molar refractivity (Wildman–Crippen MR) is 69.6 cm³/mol. The van der Waals surface area contributed by atoms with E-state index in [2.05, 4.69) is 23.1 Å². The first kappa shape index (κ1) is 12.6. The maximum atomic E-state index is 5.62. The minimum atomic E-state index is 0.840. The van der Waals surface area contributed by atoms with Gasteiger partial charge in [-0.3, -0.25) is 9.58 Å². The van der Waals surface area contributed by atoms with Crippen LogP contribution in [0.3, 0.4) is 0 Å². The zero-order valence-electron chi connectivity index (χ0n) is 11.0. The summed E-state index contributed by atoms with van der Waals surface area (Å²) in [5, 5.41) is 4.39. The van der Waals surface area contributed by atoms with Crippen molar-refractivity contribution in [3.05, 3.63) is 17.5 Å². The number of hydrogen-bond donors (Lipinski definition) is 1. The van der Waals surface area contributed by atoms with Gasteiger partial charge in [-0.15, -0.1) is 0 Å². The molecule has 1 aliphatic rings. The molecule has 2 N–H and O–H groups in total. The van der Waals surface area contributed by atoms with Gasteiger partial charge < -0.3 is 5.73 Å². The summed E-state index contributed by atoms with van der Waals surface area (Å²) < 4.78 is 1.91. The molecule has 0 aliphatic carbocycles. The van der Waals surface area contributed by atoms with Gasteiger partial charge in [0.05, 0.1) is 5.69 Å². The number of likely N-dealkylation sites (tertiary alicyclic amines) is 1. The lowest BCUT2D eigenvalue weighted by Gasteiger charge is -2.31. The van der Waals surface area contributed by atoms with Crippen LogP contribution in [0.25, 0.3) is 0 Å². The summed E-state index contributed by atoms with van der Waals surface area (Å²) in [4.78, 5) is 2.54. The van der Waals surface area contributed by atoms with Crippen LogP contribution in [0.1, 0.15) is 30.5 Å². The van der Waals surface area contributed by atoms with Crippen LogP contribution in [0.15, 0.2) is 6.20 Å². The highest BCUT2D eigenvalue weighted by Crippen LogP contribution is 2.21. The van der Waals surface area contributed by atoms with E-state index in [-0.39, 0.29) is 0 Å². The zero-order chi connectivity index (χ0) is 12.3. The van der Waals surface area contributed by atoms with Gasteiger partial charge in [-0.25, -0.2) is 0 Å². The van der Waals surface area contributed by atoms with Crippen molar-refractivity contribution < 1.29 is 0 Å². The largest absolute Gasteiger partial charge is 0.330 e. The average Bonchev–Trinajstić information content (AvgIpc) is 2.61. The number of hydrogen-bond acceptors (Lipinski definition) is 3. The Morgan fingerprint density at radius 3 is 2.65 bits per heavy atom. The topological polar surface area (TPSA) is 47.1 Å². The van der Waals surface area contributed by atoms with Crippen molar-refractivity contribution in [3.63, 3.8) is 0 Å². The number of aryl methyl sites for hydroxylation is 2. The quantitative estimate of drug-likeness (QED) is 0.857. The van der Waals surface area contributed by atoms with Crippen LogP contribution < -0.4 is 5.73 Å². The fourth-order valence-corrected chi connectivity index (χ4v) is 2.71. The molecule has 4 heteroatoms. The van der Waals surface area contributed by atoms with Crippen LogP contribution in [0.2, 0.25) is 0 Å². The molecule has 1 aromatic heterocycles. The number of aromatic nitrogens is 2.